The van der Waals surface area contributed by atoms with Gasteiger partial charge in [-0.3, -0.25) is 9.59 Å². The molecule has 2 aromatic carbocycles. The lowest BCUT2D eigenvalue weighted by atomic mass is 9.82. The van der Waals surface area contributed by atoms with E-state index in [1.54, 1.807) is 23.1 Å². The van der Waals surface area contributed by atoms with Crippen molar-refractivity contribution in [2.45, 2.75) is 32.0 Å². The monoisotopic (exact) mass is 470 g/mol. The summed E-state index contributed by atoms with van der Waals surface area (Å²) in [5.74, 6) is -2.53. The fourth-order valence-corrected chi connectivity index (χ4v) is 5.64. The number of hydrogen-bond donors (Lipinski definition) is 1. The smallest absolute Gasteiger partial charge is 0.265 e. The van der Waals surface area contributed by atoms with Crippen LogP contribution in [-0.4, -0.2) is 49.6 Å². The number of rotatable bonds is 5. The van der Waals surface area contributed by atoms with E-state index in [4.69, 9.17) is 0 Å². The SMILES string of the molecule is C[C@@H](O)[C@H]1C(=O)N2C(C(=O)[O-])=C(c3ccc4c(c3)-c3cc(C[n+]5cnn(C)c5)ccc3C4=O)C[C@H]12. The zero-order valence-corrected chi connectivity index (χ0v) is 19.1. The molecular weight excluding hydrogens is 448 g/mol. The summed E-state index contributed by atoms with van der Waals surface area (Å²) >= 11 is 0. The molecule has 2 aliphatic heterocycles. The number of carbonyl (C=O) groups is 3. The summed E-state index contributed by atoms with van der Waals surface area (Å²) in [5, 5.41) is 26.2. The van der Waals surface area contributed by atoms with Crippen LogP contribution >= 0.6 is 0 Å². The van der Waals surface area contributed by atoms with Crippen LogP contribution in [0.5, 0.6) is 0 Å². The number of aliphatic hydroxyl groups is 1. The van der Waals surface area contributed by atoms with Gasteiger partial charge in [-0.05, 0) is 59.4 Å². The van der Waals surface area contributed by atoms with Crippen LogP contribution in [0.25, 0.3) is 16.7 Å². The molecule has 6 rings (SSSR count). The van der Waals surface area contributed by atoms with Gasteiger partial charge in [0.15, 0.2) is 5.78 Å². The molecule has 3 aromatic rings. The van der Waals surface area contributed by atoms with E-state index in [0.717, 1.165) is 16.7 Å². The van der Waals surface area contributed by atoms with E-state index >= 15 is 0 Å². The number of nitrogens with zero attached hydrogens (tertiary/aromatic N) is 4. The van der Waals surface area contributed by atoms with Crippen LogP contribution in [-0.2, 0) is 23.2 Å². The first-order valence-corrected chi connectivity index (χ1v) is 11.4. The highest BCUT2D eigenvalue weighted by Gasteiger charge is 2.55. The maximum absolute atomic E-state index is 13.0. The van der Waals surface area contributed by atoms with Gasteiger partial charge in [-0.25, -0.2) is 4.57 Å². The Kier molecular flexibility index (Phi) is 4.56. The largest absolute Gasteiger partial charge is 0.543 e. The van der Waals surface area contributed by atoms with Crippen molar-refractivity contribution in [3.05, 3.63) is 77.0 Å². The van der Waals surface area contributed by atoms with Crippen molar-refractivity contribution < 1.29 is 29.2 Å². The highest BCUT2D eigenvalue weighted by Crippen LogP contribution is 2.48. The maximum Gasteiger partial charge on any atom is 0.265 e. The third kappa shape index (κ3) is 3.08. The predicted octanol–water partition coefficient (Wildman–Crippen LogP) is 0.0398. The van der Waals surface area contributed by atoms with Gasteiger partial charge in [-0.15, -0.1) is 4.68 Å². The van der Waals surface area contributed by atoms with Crippen LogP contribution in [0.4, 0.5) is 0 Å². The fraction of sp³-hybridized carbons (Fsp3) is 0.269. The quantitative estimate of drug-likeness (QED) is 0.325. The molecule has 3 aliphatic rings. The fourth-order valence-electron chi connectivity index (χ4n) is 5.64. The number of aliphatic carboxylic acids is 1. The zero-order valence-electron chi connectivity index (χ0n) is 19.1. The topological polar surface area (TPSA) is 119 Å². The molecule has 0 unspecified atom stereocenters. The summed E-state index contributed by atoms with van der Waals surface area (Å²) < 4.78 is 3.64. The molecule has 176 valence electrons. The van der Waals surface area contributed by atoms with Crippen molar-refractivity contribution in [2.24, 2.45) is 13.0 Å². The van der Waals surface area contributed by atoms with E-state index in [0.29, 0.717) is 35.2 Å². The molecule has 3 heterocycles. The molecule has 0 radical (unpaired) electrons. The molecule has 1 saturated heterocycles. The van der Waals surface area contributed by atoms with Crippen LogP contribution in [0.3, 0.4) is 0 Å². The number of β-lactam (4-membered cyclic amide) rings is 1. The van der Waals surface area contributed by atoms with Crippen LogP contribution in [0.2, 0.25) is 0 Å². The number of fused-ring (bicyclic) bond motifs is 4. The molecule has 1 fully saturated rings. The molecule has 3 atom stereocenters. The van der Waals surface area contributed by atoms with Crippen LogP contribution < -0.4 is 9.67 Å². The second kappa shape index (κ2) is 7.44. The van der Waals surface area contributed by atoms with E-state index in [1.165, 1.54) is 11.8 Å². The van der Waals surface area contributed by atoms with Gasteiger partial charge in [-0.2, -0.15) is 0 Å². The normalized spacial score (nSPS) is 21.1. The standard InChI is InChI=1S/C26H22N4O5/c1-13(31)22-21-9-18(23(26(34)35)30(21)25(22)33)15-4-6-17-20(8-15)19-7-14(3-5-16(19)24(17)32)10-29-11-27-28(2)12-29/h3-8,11-13,21-22,31H,9-10H2,1-2H3/t13-,21-,22-/m1/s1. The lowest BCUT2D eigenvalue weighted by molar-refractivity contribution is -0.689. The molecule has 9 heteroatoms. The first kappa shape index (κ1) is 21.4. The minimum absolute atomic E-state index is 0.0733. The van der Waals surface area contributed by atoms with Crippen molar-refractivity contribution in [1.82, 2.24) is 14.7 Å². The summed E-state index contributed by atoms with van der Waals surface area (Å²) in [7, 11) is 1.84. The number of ketones is 1. The molecule has 0 bridgehead atoms. The van der Waals surface area contributed by atoms with Gasteiger partial charge in [-0.1, -0.05) is 18.2 Å². The van der Waals surface area contributed by atoms with E-state index in [1.807, 2.05) is 42.2 Å². The maximum atomic E-state index is 13.0. The van der Waals surface area contributed by atoms with Gasteiger partial charge in [0.25, 0.3) is 6.33 Å². The van der Waals surface area contributed by atoms with Gasteiger partial charge in [0.1, 0.15) is 0 Å². The van der Waals surface area contributed by atoms with Crippen molar-refractivity contribution in [3.8, 4) is 11.1 Å². The number of amides is 1. The Bertz CT molecular complexity index is 1480. The van der Waals surface area contributed by atoms with Gasteiger partial charge in [0, 0.05) is 16.2 Å². The number of aromatic nitrogens is 3. The molecular formula is C26H22N4O5. The zero-order chi connectivity index (χ0) is 24.6. The van der Waals surface area contributed by atoms with E-state index in [9.17, 15) is 24.6 Å². The summed E-state index contributed by atoms with van der Waals surface area (Å²) in [5.41, 5.74) is 4.65. The molecule has 35 heavy (non-hydrogen) atoms. The minimum atomic E-state index is -1.42. The third-order valence-electron chi connectivity index (χ3n) is 7.22. The van der Waals surface area contributed by atoms with E-state index in [-0.39, 0.29) is 11.5 Å². The molecule has 1 N–H and O–H groups in total. The molecule has 1 aromatic heterocycles. The molecule has 0 saturated carbocycles. The van der Waals surface area contributed by atoms with Gasteiger partial charge in [0.2, 0.25) is 12.2 Å². The van der Waals surface area contributed by atoms with Gasteiger partial charge < -0.3 is 19.9 Å². The number of carboxylic acids is 1. The van der Waals surface area contributed by atoms with Crippen LogP contribution in [0, 0.1) is 5.92 Å². The summed E-state index contributed by atoms with van der Waals surface area (Å²) in [6.07, 6.45) is 3.03. The first-order chi connectivity index (χ1) is 16.7. The average molecular weight is 470 g/mol. The molecule has 9 nitrogen and oxygen atoms in total. The number of carboxylic acid groups (broad SMARTS) is 1. The Morgan fingerprint density at radius 1 is 1.17 bits per heavy atom. The number of aryl methyl sites for hydroxylation is 1. The summed E-state index contributed by atoms with van der Waals surface area (Å²) in [6.45, 7) is 2.12. The Balaban J connectivity index is 1.41. The number of carbonyl (C=O) groups excluding carboxylic acids is 3. The lowest BCUT2D eigenvalue weighted by Crippen LogP contribution is -2.62. The first-order valence-electron chi connectivity index (χ1n) is 11.4. The number of aliphatic hydroxyl groups excluding tert-OH is 1. The highest BCUT2D eigenvalue weighted by molar-refractivity contribution is 6.22. The second-order valence-corrected chi connectivity index (χ2v) is 9.42. The summed E-state index contributed by atoms with van der Waals surface area (Å²) in [6, 6.07) is 10.6. The van der Waals surface area contributed by atoms with E-state index < -0.39 is 29.9 Å². The highest BCUT2D eigenvalue weighted by atomic mass is 16.4. The number of hydrogen-bond acceptors (Lipinski definition) is 6. The van der Waals surface area contributed by atoms with Crippen molar-refractivity contribution in [3.63, 3.8) is 0 Å². The van der Waals surface area contributed by atoms with Gasteiger partial charge in [0.05, 0.1) is 43.3 Å². The Hall–Kier alpha value is -4.11. The van der Waals surface area contributed by atoms with Gasteiger partial charge >= 0.3 is 0 Å². The minimum Gasteiger partial charge on any atom is -0.543 e. The van der Waals surface area contributed by atoms with E-state index in [2.05, 4.69) is 5.10 Å². The van der Waals surface area contributed by atoms with Crippen molar-refractivity contribution >= 4 is 23.2 Å². The predicted molar refractivity (Wildman–Crippen MR) is 120 cm³/mol. The Morgan fingerprint density at radius 3 is 2.54 bits per heavy atom. The second-order valence-electron chi connectivity index (χ2n) is 9.42. The lowest BCUT2D eigenvalue weighted by Gasteiger charge is -2.45. The van der Waals surface area contributed by atoms with Crippen LogP contribution in [0.1, 0.15) is 40.4 Å². The van der Waals surface area contributed by atoms with Crippen molar-refractivity contribution in [2.75, 3.05) is 0 Å². The molecule has 0 spiro atoms. The average Bonchev–Trinajstić information content (AvgIpc) is 3.46. The molecule has 1 aliphatic carbocycles. The third-order valence-corrected chi connectivity index (χ3v) is 7.22. The Morgan fingerprint density at radius 2 is 1.89 bits per heavy atom. The van der Waals surface area contributed by atoms with Crippen molar-refractivity contribution in [1.29, 1.82) is 0 Å². The molecule has 1 amide bonds. The number of benzene rings is 2. The van der Waals surface area contributed by atoms with Crippen LogP contribution in [0.15, 0.2) is 54.7 Å². The Labute approximate surface area is 200 Å². The summed E-state index contributed by atoms with van der Waals surface area (Å²) in [4.78, 5) is 38.8.